The van der Waals surface area contributed by atoms with Gasteiger partial charge in [0.15, 0.2) is 0 Å². The predicted molar refractivity (Wildman–Crippen MR) is 87.2 cm³/mol. The number of aromatic amines is 1. The maximum absolute atomic E-state index is 13.3. The van der Waals surface area contributed by atoms with E-state index in [9.17, 15) is 9.18 Å². The van der Waals surface area contributed by atoms with Crippen molar-refractivity contribution in [3.63, 3.8) is 0 Å². The summed E-state index contributed by atoms with van der Waals surface area (Å²) in [6, 6.07) is 11.9. The van der Waals surface area contributed by atoms with Gasteiger partial charge in [-0.05, 0) is 42.8 Å². The fraction of sp³-hybridized carbons (Fsp3) is 0.167. The van der Waals surface area contributed by atoms with Gasteiger partial charge in [-0.2, -0.15) is 0 Å². The Morgan fingerprint density at radius 3 is 2.65 bits per heavy atom. The molecule has 3 aromatic rings. The van der Waals surface area contributed by atoms with Crippen LogP contribution in [0.3, 0.4) is 0 Å². The standard InChI is InChI=1S/C18H17FN2O2/c1-11-17(15-8-5-13(19)9-16(15)21-11)18(22)20-10-12-3-6-14(23-2)7-4-12/h3-9,21H,10H2,1-2H3,(H,20,22). The van der Waals surface area contributed by atoms with Gasteiger partial charge >= 0.3 is 0 Å². The van der Waals surface area contributed by atoms with Crippen LogP contribution in [0.15, 0.2) is 42.5 Å². The van der Waals surface area contributed by atoms with Crippen molar-refractivity contribution in [3.05, 3.63) is 65.1 Å². The van der Waals surface area contributed by atoms with E-state index in [1.165, 1.54) is 12.1 Å². The third-order valence-electron chi connectivity index (χ3n) is 3.79. The van der Waals surface area contributed by atoms with E-state index in [0.29, 0.717) is 17.6 Å². The Balaban J connectivity index is 1.79. The van der Waals surface area contributed by atoms with Crippen LogP contribution in [0, 0.1) is 12.7 Å². The van der Waals surface area contributed by atoms with Crippen LogP contribution in [-0.2, 0) is 6.54 Å². The smallest absolute Gasteiger partial charge is 0.253 e. The molecule has 0 spiro atoms. The largest absolute Gasteiger partial charge is 0.497 e. The van der Waals surface area contributed by atoms with Gasteiger partial charge in [0.2, 0.25) is 0 Å². The van der Waals surface area contributed by atoms with Gasteiger partial charge in [-0.25, -0.2) is 4.39 Å². The summed E-state index contributed by atoms with van der Waals surface area (Å²) >= 11 is 0. The zero-order chi connectivity index (χ0) is 16.4. The second-order valence-electron chi connectivity index (χ2n) is 5.35. The lowest BCUT2D eigenvalue weighted by molar-refractivity contribution is 0.0952. The van der Waals surface area contributed by atoms with E-state index in [2.05, 4.69) is 10.3 Å². The highest BCUT2D eigenvalue weighted by Crippen LogP contribution is 2.23. The number of aryl methyl sites for hydroxylation is 1. The summed E-state index contributed by atoms with van der Waals surface area (Å²) in [5.41, 5.74) is 2.87. The van der Waals surface area contributed by atoms with E-state index in [1.807, 2.05) is 24.3 Å². The molecule has 0 radical (unpaired) electrons. The Morgan fingerprint density at radius 2 is 1.96 bits per heavy atom. The normalized spacial score (nSPS) is 10.7. The number of hydrogen-bond acceptors (Lipinski definition) is 2. The molecule has 0 atom stereocenters. The van der Waals surface area contributed by atoms with E-state index >= 15 is 0 Å². The first kappa shape index (κ1) is 15.1. The number of rotatable bonds is 4. The van der Waals surface area contributed by atoms with Crippen LogP contribution >= 0.6 is 0 Å². The van der Waals surface area contributed by atoms with Crippen molar-refractivity contribution in [2.75, 3.05) is 7.11 Å². The zero-order valence-corrected chi connectivity index (χ0v) is 12.9. The molecule has 3 rings (SSSR count). The number of carbonyl (C=O) groups is 1. The van der Waals surface area contributed by atoms with Gasteiger partial charge in [0.05, 0.1) is 12.7 Å². The summed E-state index contributed by atoms with van der Waals surface area (Å²) in [4.78, 5) is 15.5. The number of amides is 1. The number of hydrogen-bond donors (Lipinski definition) is 2. The molecule has 2 aromatic carbocycles. The molecular weight excluding hydrogens is 295 g/mol. The van der Waals surface area contributed by atoms with Crippen LogP contribution in [0.25, 0.3) is 10.9 Å². The summed E-state index contributed by atoms with van der Waals surface area (Å²) in [5, 5.41) is 3.61. The molecule has 0 saturated heterocycles. The number of methoxy groups -OCH3 is 1. The first-order valence-corrected chi connectivity index (χ1v) is 7.27. The zero-order valence-electron chi connectivity index (χ0n) is 12.9. The Morgan fingerprint density at radius 1 is 1.22 bits per heavy atom. The van der Waals surface area contributed by atoms with E-state index < -0.39 is 0 Å². The fourth-order valence-corrected chi connectivity index (χ4v) is 2.61. The van der Waals surface area contributed by atoms with Crippen LogP contribution < -0.4 is 10.1 Å². The number of benzene rings is 2. The Kier molecular flexibility index (Phi) is 4.02. The molecule has 4 nitrogen and oxygen atoms in total. The minimum absolute atomic E-state index is 0.184. The second kappa shape index (κ2) is 6.12. The van der Waals surface area contributed by atoms with Crippen molar-refractivity contribution in [2.24, 2.45) is 0 Å². The molecule has 0 bridgehead atoms. The first-order valence-electron chi connectivity index (χ1n) is 7.27. The van der Waals surface area contributed by atoms with Gasteiger partial charge in [0.1, 0.15) is 11.6 Å². The molecule has 2 N–H and O–H groups in total. The maximum atomic E-state index is 13.3. The Labute approximate surface area is 133 Å². The summed E-state index contributed by atoms with van der Waals surface area (Å²) in [6.45, 7) is 2.22. The van der Waals surface area contributed by atoms with Gasteiger partial charge in [-0.3, -0.25) is 4.79 Å². The molecule has 0 saturated carbocycles. The highest BCUT2D eigenvalue weighted by molar-refractivity contribution is 6.08. The van der Waals surface area contributed by atoms with Crippen molar-refractivity contribution in [2.45, 2.75) is 13.5 Å². The first-order chi connectivity index (χ1) is 11.1. The summed E-state index contributed by atoms with van der Waals surface area (Å²) < 4.78 is 18.4. The van der Waals surface area contributed by atoms with Crippen LogP contribution in [0.4, 0.5) is 4.39 Å². The molecule has 1 aromatic heterocycles. The summed E-state index contributed by atoms with van der Waals surface area (Å²) in [6.07, 6.45) is 0. The lowest BCUT2D eigenvalue weighted by Crippen LogP contribution is -2.23. The fourth-order valence-electron chi connectivity index (χ4n) is 2.61. The van der Waals surface area contributed by atoms with Gasteiger partial charge < -0.3 is 15.0 Å². The van der Waals surface area contributed by atoms with E-state index in [4.69, 9.17) is 4.74 Å². The van der Waals surface area contributed by atoms with Crippen molar-refractivity contribution in [3.8, 4) is 5.75 Å². The minimum atomic E-state index is -0.330. The lowest BCUT2D eigenvalue weighted by atomic mass is 10.1. The average Bonchev–Trinajstić information content (AvgIpc) is 2.88. The molecule has 0 fully saturated rings. The number of carbonyl (C=O) groups excluding carboxylic acids is 1. The lowest BCUT2D eigenvalue weighted by Gasteiger charge is -2.07. The van der Waals surface area contributed by atoms with E-state index in [0.717, 1.165) is 22.4 Å². The number of nitrogens with one attached hydrogen (secondary N) is 2. The molecule has 0 aliphatic rings. The minimum Gasteiger partial charge on any atom is -0.497 e. The Bertz CT molecular complexity index is 853. The molecule has 1 heterocycles. The van der Waals surface area contributed by atoms with Crippen LogP contribution in [0.1, 0.15) is 21.6 Å². The van der Waals surface area contributed by atoms with Gasteiger partial charge in [0, 0.05) is 23.1 Å². The highest BCUT2D eigenvalue weighted by atomic mass is 19.1. The molecule has 5 heteroatoms. The molecule has 0 aliphatic carbocycles. The number of H-pyrrole nitrogens is 1. The van der Waals surface area contributed by atoms with E-state index in [1.54, 1.807) is 20.1 Å². The molecule has 1 amide bonds. The molecule has 0 aliphatic heterocycles. The maximum Gasteiger partial charge on any atom is 0.253 e. The van der Waals surface area contributed by atoms with Gasteiger partial charge in [0.25, 0.3) is 5.91 Å². The Hall–Kier alpha value is -2.82. The van der Waals surface area contributed by atoms with Gasteiger partial charge in [-0.15, -0.1) is 0 Å². The molecule has 0 unspecified atom stereocenters. The topological polar surface area (TPSA) is 54.1 Å². The van der Waals surface area contributed by atoms with Gasteiger partial charge in [-0.1, -0.05) is 12.1 Å². The highest BCUT2D eigenvalue weighted by Gasteiger charge is 2.16. The van der Waals surface area contributed by atoms with E-state index in [-0.39, 0.29) is 11.7 Å². The van der Waals surface area contributed by atoms with Crippen LogP contribution in [0.2, 0.25) is 0 Å². The van der Waals surface area contributed by atoms with Crippen molar-refractivity contribution >= 4 is 16.8 Å². The third kappa shape index (κ3) is 3.04. The summed E-state index contributed by atoms with van der Waals surface area (Å²) in [5.74, 6) is 0.259. The number of fused-ring (bicyclic) bond motifs is 1. The van der Waals surface area contributed by atoms with Crippen LogP contribution in [-0.4, -0.2) is 18.0 Å². The molecule has 23 heavy (non-hydrogen) atoms. The predicted octanol–water partition coefficient (Wildman–Crippen LogP) is 3.55. The quantitative estimate of drug-likeness (QED) is 0.774. The number of ether oxygens (including phenoxy) is 1. The van der Waals surface area contributed by atoms with Crippen molar-refractivity contribution in [1.29, 1.82) is 0 Å². The molecule has 118 valence electrons. The SMILES string of the molecule is COc1ccc(CNC(=O)c2c(C)[nH]c3cc(F)ccc23)cc1. The monoisotopic (exact) mass is 312 g/mol. The second-order valence-corrected chi connectivity index (χ2v) is 5.35. The average molecular weight is 312 g/mol. The number of halogens is 1. The number of aromatic nitrogens is 1. The van der Waals surface area contributed by atoms with Crippen LogP contribution in [0.5, 0.6) is 5.75 Å². The van der Waals surface area contributed by atoms with Crippen molar-refractivity contribution < 1.29 is 13.9 Å². The third-order valence-corrected chi connectivity index (χ3v) is 3.79. The summed E-state index contributed by atoms with van der Waals surface area (Å²) in [7, 11) is 1.61. The molecular formula is C18H17FN2O2. The van der Waals surface area contributed by atoms with Crippen molar-refractivity contribution in [1.82, 2.24) is 10.3 Å².